The number of carbonyl (C=O) groups excluding carboxylic acids is 1. The highest BCUT2D eigenvalue weighted by atomic mass is 16.5. The first-order valence-electron chi connectivity index (χ1n) is 5.11. The number of pyridine rings is 1. The molecule has 1 aromatic heterocycles. The van der Waals surface area contributed by atoms with Gasteiger partial charge in [-0.25, -0.2) is 4.98 Å². The van der Waals surface area contributed by atoms with Gasteiger partial charge in [0.2, 0.25) is 11.8 Å². The maximum atomic E-state index is 11.6. The summed E-state index contributed by atoms with van der Waals surface area (Å²) in [6, 6.07) is 2.88. The van der Waals surface area contributed by atoms with Crippen LogP contribution in [-0.2, 0) is 4.79 Å². The fourth-order valence-electron chi connectivity index (χ4n) is 1.10. The van der Waals surface area contributed by atoms with Gasteiger partial charge in [0.1, 0.15) is 0 Å². The maximum Gasteiger partial charge on any atom is 0.241 e. The Labute approximate surface area is 95.0 Å². The third-order valence-electron chi connectivity index (χ3n) is 2.23. The highest BCUT2D eigenvalue weighted by Gasteiger charge is 2.17. The van der Waals surface area contributed by atoms with Crippen LogP contribution in [0.4, 0.5) is 5.69 Å². The van der Waals surface area contributed by atoms with E-state index in [0.717, 1.165) is 0 Å². The number of carbonyl (C=O) groups is 1. The fourth-order valence-corrected chi connectivity index (χ4v) is 1.10. The van der Waals surface area contributed by atoms with Crippen molar-refractivity contribution in [1.29, 1.82) is 0 Å². The molecule has 1 atom stereocenters. The van der Waals surface area contributed by atoms with Gasteiger partial charge in [0.15, 0.2) is 0 Å². The van der Waals surface area contributed by atoms with E-state index in [-0.39, 0.29) is 11.8 Å². The van der Waals surface area contributed by atoms with Gasteiger partial charge in [0.25, 0.3) is 0 Å². The molecule has 0 aliphatic heterocycles. The molecule has 3 N–H and O–H groups in total. The molecule has 0 radical (unpaired) electrons. The summed E-state index contributed by atoms with van der Waals surface area (Å²) in [6.45, 7) is 3.80. The highest BCUT2D eigenvalue weighted by molar-refractivity contribution is 5.94. The van der Waals surface area contributed by atoms with E-state index in [2.05, 4.69) is 10.3 Å². The van der Waals surface area contributed by atoms with Crippen molar-refractivity contribution in [3.05, 3.63) is 18.3 Å². The number of aromatic nitrogens is 1. The molecule has 0 bridgehead atoms. The molecule has 0 saturated heterocycles. The molecule has 5 heteroatoms. The van der Waals surface area contributed by atoms with E-state index < -0.39 is 6.04 Å². The summed E-state index contributed by atoms with van der Waals surface area (Å²) in [5.41, 5.74) is 6.32. The smallest absolute Gasteiger partial charge is 0.241 e. The molecule has 0 fully saturated rings. The molecule has 88 valence electrons. The first-order chi connectivity index (χ1) is 7.54. The van der Waals surface area contributed by atoms with E-state index in [1.54, 1.807) is 12.1 Å². The second kappa shape index (κ2) is 5.46. The summed E-state index contributed by atoms with van der Waals surface area (Å²) in [4.78, 5) is 15.6. The second-order valence-corrected chi connectivity index (χ2v) is 3.85. The normalized spacial score (nSPS) is 12.3. The molecule has 5 nitrogen and oxygen atoms in total. The zero-order valence-electron chi connectivity index (χ0n) is 9.73. The molecular formula is C11H17N3O2. The van der Waals surface area contributed by atoms with Gasteiger partial charge in [0, 0.05) is 6.07 Å². The lowest BCUT2D eigenvalue weighted by atomic mass is 10.1. The van der Waals surface area contributed by atoms with Crippen LogP contribution in [0.2, 0.25) is 0 Å². The predicted octanol–water partition coefficient (Wildman–Crippen LogP) is 1.01. The number of nitrogens with one attached hydrogen (secondary N) is 1. The van der Waals surface area contributed by atoms with Crippen LogP contribution in [-0.4, -0.2) is 24.0 Å². The number of ether oxygens (including phenoxy) is 1. The molecule has 1 amide bonds. The average Bonchev–Trinajstić information content (AvgIpc) is 2.28. The topological polar surface area (TPSA) is 77.2 Å². The quantitative estimate of drug-likeness (QED) is 0.798. The minimum Gasteiger partial charge on any atom is -0.481 e. The number of amides is 1. The minimum atomic E-state index is -0.512. The lowest BCUT2D eigenvalue weighted by Gasteiger charge is -2.15. The van der Waals surface area contributed by atoms with Crippen LogP contribution in [0.3, 0.4) is 0 Å². The lowest BCUT2D eigenvalue weighted by molar-refractivity contribution is -0.118. The Hall–Kier alpha value is -1.62. The summed E-state index contributed by atoms with van der Waals surface area (Å²) in [6.07, 6.45) is 1.53. The van der Waals surface area contributed by atoms with Crippen molar-refractivity contribution >= 4 is 11.6 Å². The molecule has 0 aliphatic carbocycles. The predicted molar refractivity (Wildman–Crippen MR) is 62.2 cm³/mol. The number of hydrogen-bond acceptors (Lipinski definition) is 4. The van der Waals surface area contributed by atoms with Crippen LogP contribution >= 0.6 is 0 Å². The van der Waals surface area contributed by atoms with Gasteiger partial charge < -0.3 is 15.8 Å². The van der Waals surface area contributed by atoms with E-state index in [4.69, 9.17) is 10.5 Å². The molecule has 0 aromatic carbocycles. The molecule has 0 spiro atoms. The van der Waals surface area contributed by atoms with Crippen molar-refractivity contribution in [2.75, 3.05) is 12.4 Å². The highest BCUT2D eigenvalue weighted by Crippen LogP contribution is 2.11. The molecule has 1 aromatic rings. The Kier molecular flexibility index (Phi) is 4.25. The summed E-state index contributed by atoms with van der Waals surface area (Å²) in [5, 5.41) is 2.69. The van der Waals surface area contributed by atoms with Gasteiger partial charge >= 0.3 is 0 Å². The molecule has 0 aliphatic rings. The van der Waals surface area contributed by atoms with Gasteiger partial charge in [-0.05, 0) is 12.0 Å². The van der Waals surface area contributed by atoms with Crippen LogP contribution in [0.15, 0.2) is 18.3 Å². The van der Waals surface area contributed by atoms with Gasteiger partial charge in [-0.2, -0.15) is 0 Å². The standard InChI is InChI=1S/C11H17N3O2/c1-7(2)10(12)11(15)14-8-4-5-9(16-3)13-6-8/h4-7,10H,12H2,1-3H3,(H,14,15)/t10-/m0/s1. The van der Waals surface area contributed by atoms with Crippen molar-refractivity contribution in [2.24, 2.45) is 11.7 Å². The third kappa shape index (κ3) is 3.20. The van der Waals surface area contributed by atoms with E-state index in [1.807, 2.05) is 13.8 Å². The Morgan fingerprint density at radius 2 is 2.19 bits per heavy atom. The Morgan fingerprint density at radius 1 is 1.50 bits per heavy atom. The molecule has 1 heterocycles. The van der Waals surface area contributed by atoms with E-state index >= 15 is 0 Å². The van der Waals surface area contributed by atoms with E-state index in [9.17, 15) is 4.79 Å². The Bertz CT molecular complexity index is 349. The summed E-state index contributed by atoms with van der Waals surface area (Å²) >= 11 is 0. The van der Waals surface area contributed by atoms with Crippen molar-refractivity contribution in [3.63, 3.8) is 0 Å². The zero-order valence-corrected chi connectivity index (χ0v) is 9.73. The van der Waals surface area contributed by atoms with Crippen LogP contribution in [0.5, 0.6) is 5.88 Å². The molecule has 16 heavy (non-hydrogen) atoms. The SMILES string of the molecule is COc1ccc(NC(=O)[C@@H](N)C(C)C)cn1. The van der Waals surface area contributed by atoms with Crippen LogP contribution < -0.4 is 15.8 Å². The molecule has 0 unspecified atom stereocenters. The number of nitrogens with two attached hydrogens (primary N) is 1. The van der Waals surface area contributed by atoms with Crippen LogP contribution in [0.1, 0.15) is 13.8 Å². The molecular weight excluding hydrogens is 206 g/mol. The second-order valence-electron chi connectivity index (χ2n) is 3.85. The number of anilines is 1. The van der Waals surface area contributed by atoms with Crippen molar-refractivity contribution < 1.29 is 9.53 Å². The van der Waals surface area contributed by atoms with Crippen LogP contribution in [0.25, 0.3) is 0 Å². The Morgan fingerprint density at radius 3 is 2.62 bits per heavy atom. The zero-order chi connectivity index (χ0) is 12.1. The first kappa shape index (κ1) is 12.4. The van der Waals surface area contributed by atoms with Gasteiger partial charge in [-0.15, -0.1) is 0 Å². The largest absolute Gasteiger partial charge is 0.481 e. The monoisotopic (exact) mass is 223 g/mol. The third-order valence-corrected chi connectivity index (χ3v) is 2.23. The minimum absolute atomic E-state index is 0.103. The van der Waals surface area contributed by atoms with Gasteiger partial charge in [-0.3, -0.25) is 4.79 Å². The lowest BCUT2D eigenvalue weighted by Crippen LogP contribution is -2.39. The molecule has 1 rings (SSSR count). The van der Waals surface area contributed by atoms with Crippen molar-refractivity contribution in [1.82, 2.24) is 4.98 Å². The van der Waals surface area contributed by atoms with E-state index in [0.29, 0.717) is 11.6 Å². The number of methoxy groups -OCH3 is 1. The van der Waals surface area contributed by atoms with Crippen molar-refractivity contribution in [2.45, 2.75) is 19.9 Å². The summed E-state index contributed by atoms with van der Waals surface area (Å²) < 4.78 is 4.91. The summed E-state index contributed by atoms with van der Waals surface area (Å²) in [7, 11) is 1.54. The van der Waals surface area contributed by atoms with Crippen LogP contribution in [0, 0.1) is 5.92 Å². The van der Waals surface area contributed by atoms with Crippen molar-refractivity contribution in [3.8, 4) is 5.88 Å². The number of rotatable bonds is 4. The van der Waals surface area contributed by atoms with E-state index in [1.165, 1.54) is 13.3 Å². The molecule has 0 saturated carbocycles. The van der Waals surface area contributed by atoms with Gasteiger partial charge in [0.05, 0.1) is 25.0 Å². The summed E-state index contributed by atoms with van der Waals surface area (Å²) in [5.74, 6) is 0.402. The first-order valence-corrected chi connectivity index (χ1v) is 5.11. The average molecular weight is 223 g/mol. The maximum absolute atomic E-state index is 11.6. The van der Waals surface area contributed by atoms with Gasteiger partial charge in [-0.1, -0.05) is 13.8 Å². The Balaban J connectivity index is 2.62. The number of hydrogen-bond donors (Lipinski definition) is 2. The fraction of sp³-hybridized carbons (Fsp3) is 0.455. The number of nitrogens with zero attached hydrogens (tertiary/aromatic N) is 1.